The summed E-state index contributed by atoms with van der Waals surface area (Å²) < 4.78 is 0. The molecule has 4 N–H and O–H groups in total. The molecule has 0 aromatic carbocycles. The minimum Gasteiger partial charge on any atom is -0.331 e. The SMILES string of the molecule is C.C.C.C.C.C.C.C.C.C.CCC.CCN.CCN. The van der Waals surface area contributed by atoms with Gasteiger partial charge in [0.25, 0.3) is 0 Å². The monoisotopic (exact) mass is 294 g/mol. The molecule has 0 rings (SSSR count). The molecular formula is C17H62N2. The van der Waals surface area contributed by atoms with Gasteiger partial charge in [0.2, 0.25) is 0 Å². The standard InChI is InChI=1S/C3H8.2C2H7N.10CH4/c1-3-2;2*1-2-3;;;;;;;;;;/h3H2,1-2H3;2*2-3H2,1H3;10*1H4. The molecule has 140 valence electrons. The van der Waals surface area contributed by atoms with Crippen molar-refractivity contribution in [3.63, 3.8) is 0 Å². The van der Waals surface area contributed by atoms with Crippen molar-refractivity contribution in [2.75, 3.05) is 13.1 Å². The largest absolute Gasteiger partial charge is 0.331 e. The van der Waals surface area contributed by atoms with Crippen molar-refractivity contribution < 1.29 is 0 Å². The molecule has 0 aliphatic rings. The normalized spacial score (nSPS) is 2.84. The van der Waals surface area contributed by atoms with E-state index in [-0.39, 0.29) is 74.3 Å². The first kappa shape index (κ1) is 173. The average Bonchev–Trinajstić information content (AvgIpc) is 1.70. The van der Waals surface area contributed by atoms with E-state index in [4.69, 9.17) is 11.5 Å². The first-order valence-corrected chi connectivity index (χ1v) is 3.64. The third-order valence-corrected chi connectivity index (χ3v) is 0. The second-order valence-electron chi connectivity index (χ2n) is 1.52. The summed E-state index contributed by atoms with van der Waals surface area (Å²) in [4.78, 5) is 0. The summed E-state index contributed by atoms with van der Waals surface area (Å²) in [6.07, 6.45) is 1.25. The zero-order chi connectivity index (χ0) is 8.12. The van der Waals surface area contributed by atoms with Gasteiger partial charge in [-0.2, -0.15) is 0 Å². The van der Waals surface area contributed by atoms with Crippen LogP contribution in [0.2, 0.25) is 0 Å². The van der Waals surface area contributed by atoms with E-state index in [0.29, 0.717) is 0 Å². The molecule has 0 heterocycles. The molecule has 0 radical (unpaired) electrons. The molecule has 0 aromatic rings. The Labute approximate surface area is 133 Å². The fourth-order valence-electron chi connectivity index (χ4n) is 0. The van der Waals surface area contributed by atoms with Crippen LogP contribution in [0, 0.1) is 0 Å². The lowest BCUT2D eigenvalue weighted by molar-refractivity contribution is 1.09. The molecule has 2 heteroatoms. The van der Waals surface area contributed by atoms with Crippen LogP contribution in [-0.4, -0.2) is 13.1 Å². The van der Waals surface area contributed by atoms with Crippen LogP contribution in [-0.2, 0) is 0 Å². The molecule has 0 saturated carbocycles. The summed E-state index contributed by atoms with van der Waals surface area (Å²) in [7, 11) is 0. The van der Waals surface area contributed by atoms with Crippen LogP contribution in [0.3, 0.4) is 0 Å². The van der Waals surface area contributed by atoms with Gasteiger partial charge in [-0.05, 0) is 13.1 Å². The van der Waals surface area contributed by atoms with Crippen molar-refractivity contribution in [2.45, 2.75) is 108 Å². The fraction of sp³-hybridized carbons (Fsp3) is 1.00. The van der Waals surface area contributed by atoms with Crippen molar-refractivity contribution in [3.05, 3.63) is 0 Å². The predicted octanol–water partition coefficient (Wildman–Crippen LogP) is 7.71. The van der Waals surface area contributed by atoms with E-state index in [1.165, 1.54) is 6.42 Å². The van der Waals surface area contributed by atoms with Gasteiger partial charge >= 0.3 is 0 Å². The van der Waals surface area contributed by atoms with Crippen LogP contribution in [0.25, 0.3) is 0 Å². The minimum absolute atomic E-state index is 0. The Morgan fingerprint density at radius 3 is 0.421 bits per heavy atom. The fourth-order valence-corrected chi connectivity index (χ4v) is 0. The van der Waals surface area contributed by atoms with Crippen LogP contribution in [0.5, 0.6) is 0 Å². The van der Waals surface area contributed by atoms with E-state index in [1.54, 1.807) is 0 Å². The molecule has 0 bridgehead atoms. The Balaban J connectivity index is -0.00000000205. The third-order valence-electron chi connectivity index (χ3n) is 0. The van der Waals surface area contributed by atoms with E-state index in [9.17, 15) is 0 Å². The van der Waals surface area contributed by atoms with Crippen LogP contribution in [0.1, 0.15) is 108 Å². The highest BCUT2D eigenvalue weighted by Crippen LogP contribution is 1.56. The molecule has 0 saturated heterocycles. The van der Waals surface area contributed by atoms with Crippen LogP contribution in [0.15, 0.2) is 0 Å². The number of hydrogen-bond acceptors (Lipinski definition) is 2. The van der Waals surface area contributed by atoms with Gasteiger partial charge in [0.15, 0.2) is 0 Å². The van der Waals surface area contributed by atoms with Gasteiger partial charge in [0.05, 0.1) is 0 Å². The highest BCUT2D eigenvalue weighted by molar-refractivity contribution is 4.00. The molecule has 0 aliphatic heterocycles. The Bertz CT molecular complexity index is 14.0. The van der Waals surface area contributed by atoms with Gasteiger partial charge in [-0.3, -0.25) is 0 Å². The number of rotatable bonds is 0. The zero-order valence-corrected chi connectivity index (χ0v) is 7.28. The zero-order valence-electron chi connectivity index (χ0n) is 7.28. The Hall–Kier alpha value is -0.0800. The second-order valence-corrected chi connectivity index (χ2v) is 1.52. The molecule has 0 unspecified atom stereocenters. The topological polar surface area (TPSA) is 52.0 Å². The van der Waals surface area contributed by atoms with E-state index < -0.39 is 0 Å². The molecule has 0 atom stereocenters. The lowest BCUT2D eigenvalue weighted by atomic mass is 10.6. The summed E-state index contributed by atoms with van der Waals surface area (Å²) in [5.41, 5.74) is 9.69. The van der Waals surface area contributed by atoms with Crippen molar-refractivity contribution in [2.24, 2.45) is 11.5 Å². The van der Waals surface area contributed by atoms with Crippen molar-refractivity contribution in [1.82, 2.24) is 0 Å². The van der Waals surface area contributed by atoms with Crippen LogP contribution >= 0.6 is 0 Å². The van der Waals surface area contributed by atoms with Crippen molar-refractivity contribution in [3.8, 4) is 0 Å². The van der Waals surface area contributed by atoms with E-state index in [2.05, 4.69) is 13.8 Å². The molecule has 2 nitrogen and oxygen atoms in total. The predicted molar refractivity (Wildman–Crippen MR) is 113 cm³/mol. The quantitative estimate of drug-likeness (QED) is 0.480. The van der Waals surface area contributed by atoms with Crippen LogP contribution in [0.4, 0.5) is 0 Å². The third kappa shape index (κ3) is 710000. The highest BCUT2D eigenvalue weighted by atomic mass is 14.5. The molecular weight excluding hydrogens is 232 g/mol. The first-order chi connectivity index (χ1) is 4.24. The summed E-state index contributed by atoms with van der Waals surface area (Å²) in [6, 6.07) is 0. The Kier molecular flexibility index (Phi) is 5490. The summed E-state index contributed by atoms with van der Waals surface area (Å²) in [5.74, 6) is 0. The molecule has 0 fully saturated rings. The average molecular weight is 295 g/mol. The second kappa shape index (κ2) is 602. The maximum absolute atomic E-state index is 4.85. The molecule has 19 heavy (non-hydrogen) atoms. The van der Waals surface area contributed by atoms with E-state index in [0.717, 1.165) is 13.1 Å². The first-order valence-electron chi connectivity index (χ1n) is 3.64. The summed E-state index contributed by atoms with van der Waals surface area (Å²) >= 11 is 0. The van der Waals surface area contributed by atoms with Gasteiger partial charge in [-0.15, -0.1) is 0 Å². The summed E-state index contributed by atoms with van der Waals surface area (Å²) in [5, 5.41) is 0. The van der Waals surface area contributed by atoms with Gasteiger partial charge in [0.1, 0.15) is 0 Å². The molecule has 0 aliphatic carbocycles. The Morgan fingerprint density at radius 1 is 0.421 bits per heavy atom. The van der Waals surface area contributed by atoms with Crippen LogP contribution < -0.4 is 11.5 Å². The Morgan fingerprint density at radius 2 is 0.421 bits per heavy atom. The number of nitrogens with two attached hydrogens (primary N) is 2. The lowest BCUT2D eigenvalue weighted by Gasteiger charge is -1.53. The van der Waals surface area contributed by atoms with Gasteiger partial charge in [-0.1, -0.05) is 108 Å². The van der Waals surface area contributed by atoms with Gasteiger partial charge in [-0.25, -0.2) is 0 Å². The van der Waals surface area contributed by atoms with Gasteiger partial charge in [0, 0.05) is 0 Å². The molecule has 0 amide bonds. The van der Waals surface area contributed by atoms with E-state index in [1.807, 2.05) is 13.8 Å². The lowest BCUT2D eigenvalue weighted by Crippen LogP contribution is -1.87. The van der Waals surface area contributed by atoms with E-state index >= 15 is 0 Å². The summed E-state index contributed by atoms with van der Waals surface area (Å²) in [6.45, 7) is 9.56. The van der Waals surface area contributed by atoms with Crippen molar-refractivity contribution in [1.29, 1.82) is 0 Å². The molecule has 0 aromatic heterocycles. The molecule has 0 spiro atoms. The maximum Gasteiger partial charge on any atom is -0.0106 e. The smallest absolute Gasteiger partial charge is 0.0106 e. The van der Waals surface area contributed by atoms with Gasteiger partial charge < -0.3 is 11.5 Å². The highest BCUT2D eigenvalue weighted by Gasteiger charge is 1.35. The minimum atomic E-state index is 0. The maximum atomic E-state index is 4.85. The van der Waals surface area contributed by atoms with Crippen molar-refractivity contribution >= 4 is 0 Å². The number of hydrogen-bond donors (Lipinski definition) is 2.